The van der Waals surface area contributed by atoms with Gasteiger partial charge in [-0.05, 0) is 44.2 Å². The summed E-state index contributed by atoms with van der Waals surface area (Å²) in [7, 11) is 0. The van der Waals surface area contributed by atoms with Gasteiger partial charge in [-0.2, -0.15) is 0 Å². The molecule has 1 aromatic heterocycles. The smallest absolute Gasteiger partial charge is 0.259 e. The van der Waals surface area contributed by atoms with Crippen LogP contribution in [0, 0.1) is 13.8 Å². The number of furan rings is 1. The lowest BCUT2D eigenvalue weighted by Crippen LogP contribution is -2.12. The zero-order valence-electron chi connectivity index (χ0n) is 11.8. The Hall–Kier alpha value is -2.75. The standard InChI is InChI=1S/C17H15NO3/c1-10-3-5-12(6-4-10)18-17(20)16-11(2)21-15-8-7-13(19)9-14(15)16/h3-9,19H,1-2H3,(H,18,20). The summed E-state index contributed by atoms with van der Waals surface area (Å²) in [6.07, 6.45) is 0. The highest BCUT2D eigenvalue weighted by atomic mass is 16.3. The van der Waals surface area contributed by atoms with Crippen molar-refractivity contribution in [3.63, 3.8) is 0 Å². The molecule has 0 saturated heterocycles. The van der Waals surface area contributed by atoms with Crippen LogP contribution in [0.25, 0.3) is 11.0 Å². The molecule has 2 N–H and O–H groups in total. The average molecular weight is 281 g/mol. The van der Waals surface area contributed by atoms with Crippen LogP contribution in [-0.4, -0.2) is 11.0 Å². The van der Waals surface area contributed by atoms with Crippen LogP contribution in [0.4, 0.5) is 5.69 Å². The molecule has 0 aliphatic heterocycles. The Morgan fingerprint density at radius 1 is 1.10 bits per heavy atom. The van der Waals surface area contributed by atoms with Crippen molar-refractivity contribution in [3.8, 4) is 5.75 Å². The van der Waals surface area contributed by atoms with Crippen molar-refractivity contribution in [2.24, 2.45) is 0 Å². The van der Waals surface area contributed by atoms with Crippen LogP contribution >= 0.6 is 0 Å². The molecule has 0 aliphatic rings. The van der Waals surface area contributed by atoms with E-state index >= 15 is 0 Å². The van der Waals surface area contributed by atoms with Crippen LogP contribution in [0.15, 0.2) is 46.9 Å². The van der Waals surface area contributed by atoms with Gasteiger partial charge in [0.05, 0.1) is 5.56 Å². The Morgan fingerprint density at radius 3 is 2.52 bits per heavy atom. The summed E-state index contributed by atoms with van der Waals surface area (Å²) in [4.78, 5) is 12.5. The van der Waals surface area contributed by atoms with Crippen LogP contribution < -0.4 is 5.32 Å². The molecule has 1 amide bonds. The van der Waals surface area contributed by atoms with Crippen molar-refractivity contribution in [1.82, 2.24) is 0 Å². The highest BCUT2D eigenvalue weighted by Gasteiger charge is 2.18. The Balaban J connectivity index is 1.99. The molecule has 0 saturated carbocycles. The number of amides is 1. The molecule has 21 heavy (non-hydrogen) atoms. The molecule has 0 spiro atoms. The minimum atomic E-state index is -0.249. The van der Waals surface area contributed by atoms with Crippen molar-refractivity contribution in [1.29, 1.82) is 0 Å². The first-order valence-electron chi connectivity index (χ1n) is 6.65. The zero-order chi connectivity index (χ0) is 15.0. The fourth-order valence-electron chi connectivity index (χ4n) is 2.32. The molecule has 0 atom stereocenters. The predicted octanol–water partition coefficient (Wildman–Crippen LogP) is 4.01. The van der Waals surface area contributed by atoms with E-state index in [2.05, 4.69) is 5.32 Å². The molecule has 0 fully saturated rings. The molecule has 2 aromatic carbocycles. The topological polar surface area (TPSA) is 62.5 Å². The van der Waals surface area contributed by atoms with E-state index in [4.69, 9.17) is 4.42 Å². The Labute approximate surface area is 122 Å². The Kier molecular flexibility index (Phi) is 3.14. The largest absolute Gasteiger partial charge is 0.508 e. The highest BCUT2D eigenvalue weighted by Crippen LogP contribution is 2.29. The monoisotopic (exact) mass is 281 g/mol. The molecule has 106 valence electrons. The summed E-state index contributed by atoms with van der Waals surface area (Å²) < 4.78 is 5.56. The van der Waals surface area contributed by atoms with Gasteiger partial charge in [0.1, 0.15) is 17.1 Å². The quantitative estimate of drug-likeness (QED) is 0.746. The fraction of sp³-hybridized carbons (Fsp3) is 0.118. The van der Waals surface area contributed by atoms with Crippen LogP contribution in [-0.2, 0) is 0 Å². The van der Waals surface area contributed by atoms with E-state index < -0.39 is 0 Å². The Morgan fingerprint density at radius 2 is 1.81 bits per heavy atom. The molecule has 0 bridgehead atoms. The van der Waals surface area contributed by atoms with E-state index in [0.29, 0.717) is 22.3 Å². The minimum Gasteiger partial charge on any atom is -0.508 e. The average Bonchev–Trinajstić information content (AvgIpc) is 2.76. The van der Waals surface area contributed by atoms with Crippen LogP contribution in [0.2, 0.25) is 0 Å². The van der Waals surface area contributed by atoms with Crippen LogP contribution in [0.3, 0.4) is 0 Å². The van der Waals surface area contributed by atoms with Crippen LogP contribution in [0.1, 0.15) is 21.7 Å². The third-order valence-corrected chi connectivity index (χ3v) is 3.38. The molecule has 4 heteroatoms. The molecular weight excluding hydrogens is 266 g/mol. The van der Waals surface area contributed by atoms with Gasteiger partial charge in [0.25, 0.3) is 5.91 Å². The number of carbonyl (C=O) groups excluding carboxylic acids is 1. The molecule has 0 unspecified atom stereocenters. The molecule has 0 radical (unpaired) electrons. The normalized spacial score (nSPS) is 10.8. The van der Waals surface area contributed by atoms with E-state index in [1.807, 2.05) is 31.2 Å². The first kappa shape index (κ1) is 13.2. The van der Waals surface area contributed by atoms with Gasteiger partial charge in [0, 0.05) is 11.1 Å². The van der Waals surface area contributed by atoms with Gasteiger partial charge in [0.15, 0.2) is 0 Å². The summed E-state index contributed by atoms with van der Waals surface area (Å²) in [6.45, 7) is 3.73. The van der Waals surface area contributed by atoms with E-state index in [0.717, 1.165) is 11.3 Å². The third-order valence-electron chi connectivity index (χ3n) is 3.38. The van der Waals surface area contributed by atoms with Gasteiger partial charge in [-0.15, -0.1) is 0 Å². The van der Waals surface area contributed by atoms with Gasteiger partial charge in [-0.3, -0.25) is 4.79 Å². The zero-order valence-corrected chi connectivity index (χ0v) is 11.8. The van der Waals surface area contributed by atoms with Crippen LogP contribution in [0.5, 0.6) is 5.75 Å². The van der Waals surface area contributed by atoms with E-state index in [1.165, 1.54) is 12.1 Å². The maximum Gasteiger partial charge on any atom is 0.259 e. The number of fused-ring (bicyclic) bond motifs is 1. The maximum atomic E-state index is 12.5. The van der Waals surface area contributed by atoms with E-state index in [1.54, 1.807) is 13.0 Å². The number of rotatable bonds is 2. The number of benzene rings is 2. The predicted molar refractivity (Wildman–Crippen MR) is 81.7 cm³/mol. The van der Waals surface area contributed by atoms with Gasteiger partial charge < -0.3 is 14.8 Å². The van der Waals surface area contributed by atoms with Crippen molar-refractivity contribution < 1.29 is 14.3 Å². The number of hydrogen-bond acceptors (Lipinski definition) is 3. The second-order valence-electron chi connectivity index (χ2n) is 5.03. The lowest BCUT2D eigenvalue weighted by molar-refractivity contribution is 0.102. The highest BCUT2D eigenvalue weighted by molar-refractivity contribution is 6.13. The molecule has 3 rings (SSSR count). The molecule has 1 heterocycles. The first-order chi connectivity index (χ1) is 10.0. The summed E-state index contributed by atoms with van der Waals surface area (Å²) in [5.41, 5.74) is 2.88. The minimum absolute atomic E-state index is 0.104. The number of anilines is 1. The van der Waals surface area contributed by atoms with Crippen molar-refractivity contribution >= 4 is 22.6 Å². The SMILES string of the molecule is Cc1ccc(NC(=O)c2c(C)oc3ccc(O)cc23)cc1. The van der Waals surface area contributed by atoms with E-state index in [-0.39, 0.29) is 11.7 Å². The maximum absolute atomic E-state index is 12.5. The number of phenols is 1. The molecule has 3 aromatic rings. The lowest BCUT2D eigenvalue weighted by Gasteiger charge is -2.05. The number of aromatic hydroxyl groups is 1. The second kappa shape index (κ2) is 4.98. The molecular formula is C17H15NO3. The van der Waals surface area contributed by atoms with Gasteiger partial charge in [0.2, 0.25) is 0 Å². The Bertz CT molecular complexity index is 816. The van der Waals surface area contributed by atoms with Gasteiger partial charge >= 0.3 is 0 Å². The number of carbonyl (C=O) groups is 1. The van der Waals surface area contributed by atoms with Gasteiger partial charge in [-0.1, -0.05) is 17.7 Å². The first-order valence-corrected chi connectivity index (χ1v) is 6.65. The van der Waals surface area contributed by atoms with Crippen molar-refractivity contribution in [2.75, 3.05) is 5.32 Å². The number of hydrogen-bond donors (Lipinski definition) is 2. The molecule has 0 aliphatic carbocycles. The summed E-state index contributed by atoms with van der Waals surface area (Å²) >= 11 is 0. The van der Waals surface area contributed by atoms with E-state index in [9.17, 15) is 9.90 Å². The van der Waals surface area contributed by atoms with Gasteiger partial charge in [-0.25, -0.2) is 0 Å². The van der Waals surface area contributed by atoms with Crippen molar-refractivity contribution in [2.45, 2.75) is 13.8 Å². The third kappa shape index (κ3) is 2.48. The molecule has 4 nitrogen and oxygen atoms in total. The lowest BCUT2D eigenvalue weighted by atomic mass is 10.1. The number of phenolic OH excluding ortho intramolecular Hbond substituents is 1. The number of aryl methyl sites for hydroxylation is 2. The number of nitrogens with one attached hydrogen (secondary N) is 1. The second-order valence-corrected chi connectivity index (χ2v) is 5.03. The fourth-order valence-corrected chi connectivity index (χ4v) is 2.32. The summed E-state index contributed by atoms with van der Waals surface area (Å²) in [6, 6.07) is 12.3. The summed E-state index contributed by atoms with van der Waals surface area (Å²) in [5, 5.41) is 13.0. The summed E-state index contributed by atoms with van der Waals surface area (Å²) in [5.74, 6) is 0.383. The van der Waals surface area contributed by atoms with Crippen molar-refractivity contribution in [3.05, 3.63) is 59.4 Å².